The fourth-order valence-electron chi connectivity index (χ4n) is 5.84. The third-order valence-electron chi connectivity index (χ3n) is 7.79. The van der Waals surface area contributed by atoms with E-state index in [-0.39, 0.29) is 0 Å². The lowest BCUT2D eigenvalue weighted by atomic mass is 9.98. The lowest BCUT2D eigenvalue weighted by Crippen LogP contribution is -1.98. The molecule has 1 atom stereocenters. The number of rotatable bonds is 4. The average Bonchev–Trinajstić information content (AvgIpc) is 3.46. The zero-order valence-electron chi connectivity index (χ0n) is 20.6. The highest BCUT2D eigenvalue weighted by Gasteiger charge is 2.20. The van der Waals surface area contributed by atoms with Crippen molar-refractivity contribution in [1.82, 2.24) is 9.13 Å². The van der Waals surface area contributed by atoms with Crippen LogP contribution in [0.3, 0.4) is 0 Å². The standard InChI is InChI=1S/C34H28N2/c1-3-23(2)24-12-11-15-26(22-24)35-31-19-10-8-17-29(31)33-32(35)21-20-28-27-16-7-9-18-30(27)36(34(28)33)25-13-5-4-6-14-25/h4-23H,3H2,1-2H3. The van der Waals surface area contributed by atoms with Crippen LogP contribution >= 0.6 is 0 Å². The first-order valence-corrected chi connectivity index (χ1v) is 12.9. The maximum absolute atomic E-state index is 2.45. The fraction of sp³-hybridized carbons (Fsp3) is 0.118. The van der Waals surface area contributed by atoms with E-state index in [1.165, 1.54) is 60.5 Å². The van der Waals surface area contributed by atoms with Crippen molar-refractivity contribution in [2.75, 3.05) is 0 Å². The molecule has 0 radical (unpaired) electrons. The average molecular weight is 465 g/mol. The smallest absolute Gasteiger partial charge is 0.0641 e. The van der Waals surface area contributed by atoms with Gasteiger partial charge in [0.05, 0.1) is 22.1 Å². The molecule has 0 saturated heterocycles. The number of para-hydroxylation sites is 3. The van der Waals surface area contributed by atoms with Crippen molar-refractivity contribution in [1.29, 1.82) is 0 Å². The van der Waals surface area contributed by atoms with Gasteiger partial charge < -0.3 is 9.13 Å². The Balaban J connectivity index is 1.68. The molecule has 0 spiro atoms. The van der Waals surface area contributed by atoms with Crippen LogP contribution in [0, 0.1) is 0 Å². The monoisotopic (exact) mass is 464 g/mol. The van der Waals surface area contributed by atoms with E-state index >= 15 is 0 Å². The number of nitrogens with zero attached hydrogens (tertiary/aromatic N) is 2. The molecule has 0 bridgehead atoms. The summed E-state index contributed by atoms with van der Waals surface area (Å²) < 4.78 is 4.89. The van der Waals surface area contributed by atoms with Gasteiger partial charge >= 0.3 is 0 Å². The van der Waals surface area contributed by atoms with Gasteiger partial charge in [0, 0.05) is 32.9 Å². The zero-order valence-corrected chi connectivity index (χ0v) is 20.6. The van der Waals surface area contributed by atoms with Gasteiger partial charge in [-0.3, -0.25) is 0 Å². The Bertz CT molecular complexity index is 1890. The van der Waals surface area contributed by atoms with Crippen LogP contribution in [0.4, 0.5) is 0 Å². The van der Waals surface area contributed by atoms with E-state index in [0.717, 1.165) is 6.42 Å². The van der Waals surface area contributed by atoms with Gasteiger partial charge in [-0.1, -0.05) is 86.6 Å². The molecule has 7 aromatic rings. The van der Waals surface area contributed by atoms with Crippen LogP contribution in [0.5, 0.6) is 0 Å². The maximum atomic E-state index is 2.45. The van der Waals surface area contributed by atoms with Crippen molar-refractivity contribution in [2.45, 2.75) is 26.2 Å². The molecule has 0 fully saturated rings. The molecule has 2 nitrogen and oxygen atoms in total. The Morgan fingerprint density at radius 3 is 2.00 bits per heavy atom. The number of hydrogen-bond donors (Lipinski definition) is 0. The molecule has 36 heavy (non-hydrogen) atoms. The van der Waals surface area contributed by atoms with Crippen LogP contribution in [0.25, 0.3) is 55.0 Å². The van der Waals surface area contributed by atoms with Crippen molar-refractivity contribution >= 4 is 43.6 Å². The lowest BCUT2D eigenvalue weighted by Gasteiger charge is -2.13. The second-order valence-corrected chi connectivity index (χ2v) is 9.80. The number of hydrogen-bond acceptors (Lipinski definition) is 0. The normalized spacial score (nSPS) is 12.7. The first kappa shape index (κ1) is 21.0. The van der Waals surface area contributed by atoms with Gasteiger partial charge in [0.2, 0.25) is 0 Å². The van der Waals surface area contributed by atoms with E-state index in [2.05, 4.69) is 138 Å². The molecule has 0 N–H and O–H groups in total. The SMILES string of the molecule is CCC(C)c1cccc(-n2c3ccccc3c3c2ccc2c4ccccc4n(-c4ccccc4)c23)c1. The molecule has 1 unspecified atom stereocenters. The summed E-state index contributed by atoms with van der Waals surface area (Å²) in [6, 6.07) is 42.1. The molecule has 0 aliphatic rings. The maximum Gasteiger partial charge on any atom is 0.0641 e. The van der Waals surface area contributed by atoms with Crippen molar-refractivity contribution < 1.29 is 0 Å². The molecule has 2 heteroatoms. The molecule has 0 saturated carbocycles. The highest BCUT2D eigenvalue weighted by atomic mass is 15.0. The van der Waals surface area contributed by atoms with Crippen LogP contribution in [0.1, 0.15) is 31.7 Å². The van der Waals surface area contributed by atoms with Gasteiger partial charge in [0.1, 0.15) is 0 Å². The summed E-state index contributed by atoms with van der Waals surface area (Å²) in [6.45, 7) is 4.57. The highest BCUT2D eigenvalue weighted by Crippen LogP contribution is 2.42. The number of benzene rings is 5. The van der Waals surface area contributed by atoms with Crippen molar-refractivity contribution in [3.63, 3.8) is 0 Å². The van der Waals surface area contributed by atoms with Crippen LogP contribution in [0.2, 0.25) is 0 Å². The molecule has 0 aliphatic carbocycles. The summed E-state index contributed by atoms with van der Waals surface area (Å²) >= 11 is 0. The quantitative estimate of drug-likeness (QED) is 0.245. The predicted molar refractivity (Wildman–Crippen MR) is 154 cm³/mol. The van der Waals surface area contributed by atoms with E-state index in [0.29, 0.717) is 5.92 Å². The van der Waals surface area contributed by atoms with Gasteiger partial charge in [-0.05, 0) is 60.4 Å². The van der Waals surface area contributed by atoms with E-state index in [9.17, 15) is 0 Å². The third-order valence-corrected chi connectivity index (χ3v) is 7.79. The summed E-state index contributed by atoms with van der Waals surface area (Å²) in [5, 5.41) is 5.16. The Morgan fingerprint density at radius 2 is 1.22 bits per heavy atom. The lowest BCUT2D eigenvalue weighted by molar-refractivity contribution is 0.733. The van der Waals surface area contributed by atoms with Crippen LogP contribution < -0.4 is 0 Å². The zero-order chi connectivity index (χ0) is 24.2. The summed E-state index contributed by atoms with van der Waals surface area (Å²) in [4.78, 5) is 0. The molecule has 2 heterocycles. The molecular formula is C34H28N2. The molecule has 7 rings (SSSR count). The second kappa shape index (κ2) is 8.13. The fourth-order valence-corrected chi connectivity index (χ4v) is 5.84. The van der Waals surface area contributed by atoms with Gasteiger partial charge in [0.25, 0.3) is 0 Å². The second-order valence-electron chi connectivity index (χ2n) is 9.80. The Hall–Kier alpha value is -4.30. The minimum atomic E-state index is 0.533. The molecule has 2 aromatic heterocycles. The summed E-state index contributed by atoms with van der Waals surface area (Å²) in [5.41, 5.74) is 8.79. The first-order valence-electron chi connectivity index (χ1n) is 12.9. The molecule has 5 aromatic carbocycles. The Labute approximate surface area is 211 Å². The van der Waals surface area contributed by atoms with Gasteiger partial charge in [-0.25, -0.2) is 0 Å². The topological polar surface area (TPSA) is 9.86 Å². The van der Waals surface area contributed by atoms with Crippen LogP contribution in [-0.2, 0) is 0 Å². The van der Waals surface area contributed by atoms with Crippen molar-refractivity contribution in [2.24, 2.45) is 0 Å². The van der Waals surface area contributed by atoms with E-state index in [1.54, 1.807) is 0 Å². The molecule has 0 aliphatic heterocycles. The Kier molecular flexibility index (Phi) is 4.75. The van der Waals surface area contributed by atoms with Crippen molar-refractivity contribution in [3.05, 3.63) is 121 Å². The van der Waals surface area contributed by atoms with Gasteiger partial charge in [0.15, 0.2) is 0 Å². The minimum absolute atomic E-state index is 0.533. The van der Waals surface area contributed by atoms with Gasteiger partial charge in [-0.2, -0.15) is 0 Å². The highest BCUT2D eigenvalue weighted by molar-refractivity contribution is 6.26. The number of fused-ring (bicyclic) bond motifs is 7. The summed E-state index contributed by atoms with van der Waals surface area (Å²) in [7, 11) is 0. The summed E-state index contributed by atoms with van der Waals surface area (Å²) in [6.07, 6.45) is 1.13. The van der Waals surface area contributed by atoms with E-state index in [1.807, 2.05) is 0 Å². The van der Waals surface area contributed by atoms with Crippen molar-refractivity contribution in [3.8, 4) is 11.4 Å². The van der Waals surface area contributed by atoms with Crippen LogP contribution in [-0.4, -0.2) is 9.13 Å². The molecular weight excluding hydrogens is 436 g/mol. The molecule has 174 valence electrons. The first-order chi connectivity index (χ1) is 17.8. The molecule has 0 amide bonds. The van der Waals surface area contributed by atoms with E-state index in [4.69, 9.17) is 0 Å². The third kappa shape index (κ3) is 2.97. The van der Waals surface area contributed by atoms with E-state index < -0.39 is 0 Å². The Morgan fingerprint density at radius 1 is 0.556 bits per heavy atom. The summed E-state index contributed by atoms with van der Waals surface area (Å²) in [5.74, 6) is 0.533. The predicted octanol–water partition coefficient (Wildman–Crippen LogP) is 9.39. The number of aromatic nitrogens is 2. The minimum Gasteiger partial charge on any atom is -0.309 e. The van der Waals surface area contributed by atoms with Crippen LogP contribution in [0.15, 0.2) is 115 Å². The van der Waals surface area contributed by atoms with Gasteiger partial charge in [-0.15, -0.1) is 0 Å². The largest absolute Gasteiger partial charge is 0.309 e.